The van der Waals surface area contributed by atoms with Gasteiger partial charge in [-0.3, -0.25) is 0 Å². The van der Waals surface area contributed by atoms with Gasteiger partial charge in [0.15, 0.2) is 0 Å². The second kappa shape index (κ2) is 5.19. The van der Waals surface area contributed by atoms with E-state index in [1.165, 1.54) is 6.42 Å². The summed E-state index contributed by atoms with van der Waals surface area (Å²) < 4.78 is 7.78. The van der Waals surface area contributed by atoms with Gasteiger partial charge in [-0.2, -0.15) is 0 Å². The Labute approximate surface area is 103 Å². The van der Waals surface area contributed by atoms with Crippen LogP contribution in [0.1, 0.15) is 50.9 Å². The maximum atomic E-state index is 6.28. The van der Waals surface area contributed by atoms with Crippen molar-refractivity contribution in [2.45, 2.75) is 57.2 Å². The molecule has 1 aliphatic rings. The van der Waals surface area contributed by atoms with E-state index in [9.17, 15) is 0 Å². The van der Waals surface area contributed by atoms with Crippen molar-refractivity contribution in [1.82, 2.24) is 9.55 Å². The van der Waals surface area contributed by atoms with Gasteiger partial charge in [0.1, 0.15) is 5.82 Å². The van der Waals surface area contributed by atoms with Gasteiger partial charge in [-0.1, -0.05) is 6.92 Å². The van der Waals surface area contributed by atoms with Crippen molar-refractivity contribution in [3.8, 4) is 0 Å². The van der Waals surface area contributed by atoms with Crippen LogP contribution in [0.15, 0.2) is 12.4 Å². The molecule has 0 spiro atoms. The van der Waals surface area contributed by atoms with Gasteiger partial charge in [0.05, 0.1) is 11.6 Å². The summed E-state index contributed by atoms with van der Waals surface area (Å²) in [4.78, 5) is 4.39. The minimum Gasteiger partial charge on any atom is -0.378 e. The summed E-state index contributed by atoms with van der Waals surface area (Å²) in [6.45, 7) is 3.15. The Balaban J connectivity index is 2.03. The number of hydrogen-bond acceptors (Lipinski definition) is 3. The fourth-order valence-electron chi connectivity index (χ4n) is 2.63. The molecule has 1 atom stereocenters. The van der Waals surface area contributed by atoms with Crippen molar-refractivity contribution in [3.05, 3.63) is 18.2 Å². The number of imidazole rings is 1. The molecule has 1 heterocycles. The van der Waals surface area contributed by atoms with E-state index in [-0.39, 0.29) is 11.6 Å². The largest absolute Gasteiger partial charge is 0.378 e. The maximum absolute atomic E-state index is 6.28. The molecule has 0 aromatic carbocycles. The van der Waals surface area contributed by atoms with Crippen LogP contribution >= 0.6 is 0 Å². The third-order valence-electron chi connectivity index (χ3n) is 3.83. The quantitative estimate of drug-likeness (QED) is 0.825. The Morgan fingerprint density at radius 1 is 1.59 bits per heavy atom. The lowest BCUT2D eigenvalue weighted by molar-refractivity contribution is -0.0822. The van der Waals surface area contributed by atoms with Crippen LogP contribution in [0.25, 0.3) is 0 Å². The molecule has 1 unspecified atom stereocenters. The van der Waals surface area contributed by atoms with Crippen LogP contribution in [-0.4, -0.2) is 22.3 Å². The smallest absolute Gasteiger partial charge is 0.125 e. The lowest BCUT2D eigenvalue weighted by Crippen LogP contribution is -2.42. The van der Waals surface area contributed by atoms with E-state index in [2.05, 4.69) is 16.5 Å². The molecule has 1 aliphatic carbocycles. The van der Waals surface area contributed by atoms with Crippen LogP contribution in [0.3, 0.4) is 0 Å². The highest BCUT2D eigenvalue weighted by molar-refractivity contribution is 5.03. The summed E-state index contributed by atoms with van der Waals surface area (Å²) in [6.07, 6.45) is 9.35. The molecule has 96 valence electrons. The highest BCUT2D eigenvalue weighted by Crippen LogP contribution is 2.40. The molecule has 1 aromatic heterocycles. The minimum atomic E-state index is -0.0169. The SMILES string of the molecule is CCCn1ccnc1C(N)CC1(OC)CCC1. The zero-order chi connectivity index (χ0) is 12.3. The second-order valence-electron chi connectivity index (χ2n) is 5.03. The van der Waals surface area contributed by atoms with Gasteiger partial charge in [0.25, 0.3) is 0 Å². The number of hydrogen-bond donors (Lipinski definition) is 1. The summed E-state index contributed by atoms with van der Waals surface area (Å²) in [5.41, 5.74) is 6.29. The van der Waals surface area contributed by atoms with Crippen molar-refractivity contribution in [1.29, 1.82) is 0 Å². The molecule has 2 N–H and O–H groups in total. The Morgan fingerprint density at radius 3 is 2.88 bits per heavy atom. The highest BCUT2D eigenvalue weighted by atomic mass is 16.5. The standard InChI is InChI=1S/C13H23N3O/c1-3-8-16-9-7-15-12(16)11(14)10-13(17-2)5-4-6-13/h7,9,11H,3-6,8,10,14H2,1-2H3. The molecule has 17 heavy (non-hydrogen) atoms. The van der Waals surface area contributed by atoms with E-state index in [0.29, 0.717) is 0 Å². The van der Waals surface area contributed by atoms with Gasteiger partial charge in [-0.05, 0) is 32.1 Å². The monoisotopic (exact) mass is 237 g/mol. The lowest BCUT2D eigenvalue weighted by atomic mass is 9.75. The Hall–Kier alpha value is -0.870. The first kappa shape index (κ1) is 12.6. The molecular weight excluding hydrogens is 214 g/mol. The number of nitrogens with two attached hydrogens (primary N) is 1. The van der Waals surface area contributed by atoms with Crippen LogP contribution in [0.2, 0.25) is 0 Å². The maximum Gasteiger partial charge on any atom is 0.125 e. The molecule has 4 heteroatoms. The summed E-state index contributed by atoms with van der Waals surface area (Å²) in [7, 11) is 1.80. The number of ether oxygens (including phenoxy) is 1. The van der Waals surface area contributed by atoms with Gasteiger partial charge >= 0.3 is 0 Å². The van der Waals surface area contributed by atoms with Gasteiger partial charge in [-0.25, -0.2) is 4.98 Å². The molecule has 1 aromatic rings. The molecular formula is C13H23N3O. The van der Waals surface area contributed by atoms with E-state index in [0.717, 1.165) is 38.1 Å². The molecule has 0 saturated heterocycles. The van der Waals surface area contributed by atoms with Crippen molar-refractivity contribution < 1.29 is 4.74 Å². The summed E-state index contributed by atoms with van der Waals surface area (Å²) >= 11 is 0. The van der Waals surface area contributed by atoms with Crippen molar-refractivity contribution >= 4 is 0 Å². The van der Waals surface area contributed by atoms with Crippen LogP contribution in [0, 0.1) is 0 Å². The van der Waals surface area contributed by atoms with Crippen LogP contribution < -0.4 is 5.73 Å². The molecule has 0 bridgehead atoms. The van der Waals surface area contributed by atoms with E-state index < -0.39 is 0 Å². The number of nitrogens with zero attached hydrogens (tertiary/aromatic N) is 2. The Kier molecular flexibility index (Phi) is 3.84. The highest BCUT2D eigenvalue weighted by Gasteiger charge is 2.39. The van der Waals surface area contributed by atoms with E-state index >= 15 is 0 Å². The van der Waals surface area contributed by atoms with Crippen LogP contribution in [0.4, 0.5) is 0 Å². The van der Waals surface area contributed by atoms with Crippen LogP contribution in [0.5, 0.6) is 0 Å². The molecule has 0 amide bonds. The summed E-state index contributed by atoms with van der Waals surface area (Å²) in [5, 5.41) is 0. The fourth-order valence-corrected chi connectivity index (χ4v) is 2.63. The first-order valence-corrected chi connectivity index (χ1v) is 6.52. The molecule has 1 saturated carbocycles. The van der Waals surface area contributed by atoms with Gasteiger partial charge in [-0.15, -0.1) is 0 Å². The predicted octanol–water partition coefficient (Wildman–Crippen LogP) is 2.25. The van der Waals surface area contributed by atoms with E-state index in [4.69, 9.17) is 10.5 Å². The molecule has 0 radical (unpaired) electrons. The van der Waals surface area contributed by atoms with Crippen LogP contribution in [-0.2, 0) is 11.3 Å². The van der Waals surface area contributed by atoms with Crippen molar-refractivity contribution in [3.63, 3.8) is 0 Å². The number of aromatic nitrogens is 2. The second-order valence-corrected chi connectivity index (χ2v) is 5.03. The third-order valence-corrected chi connectivity index (χ3v) is 3.83. The minimum absolute atomic E-state index is 0.0163. The van der Waals surface area contributed by atoms with Crippen molar-refractivity contribution in [2.24, 2.45) is 5.73 Å². The zero-order valence-corrected chi connectivity index (χ0v) is 10.9. The number of rotatable bonds is 6. The number of methoxy groups -OCH3 is 1. The molecule has 0 aliphatic heterocycles. The normalized spacial score (nSPS) is 19.9. The Bertz CT molecular complexity index is 352. The topological polar surface area (TPSA) is 53.1 Å². The first-order valence-electron chi connectivity index (χ1n) is 6.52. The summed E-state index contributed by atoms with van der Waals surface area (Å²) in [5.74, 6) is 0.996. The lowest BCUT2D eigenvalue weighted by Gasteiger charge is -2.42. The predicted molar refractivity (Wildman–Crippen MR) is 67.7 cm³/mol. The average molecular weight is 237 g/mol. The average Bonchev–Trinajstić information content (AvgIpc) is 2.72. The molecule has 2 rings (SSSR count). The third kappa shape index (κ3) is 2.53. The van der Waals surface area contributed by atoms with E-state index in [1.807, 2.05) is 12.4 Å². The fraction of sp³-hybridized carbons (Fsp3) is 0.769. The summed E-state index contributed by atoms with van der Waals surface area (Å²) in [6, 6.07) is -0.0169. The van der Waals surface area contributed by atoms with Gasteiger partial charge < -0.3 is 15.0 Å². The van der Waals surface area contributed by atoms with Crippen molar-refractivity contribution in [2.75, 3.05) is 7.11 Å². The first-order chi connectivity index (χ1) is 8.21. The number of aryl methyl sites for hydroxylation is 1. The van der Waals surface area contributed by atoms with Gasteiger partial charge in [0.2, 0.25) is 0 Å². The van der Waals surface area contributed by atoms with E-state index in [1.54, 1.807) is 7.11 Å². The Morgan fingerprint density at radius 2 is 2.35 bits per heavy atom. The molecule has 1 fully saturated rings. The zero-order valence-electron chi connectivity index (χ0n) is 10.9. The van der Waals surface area contributed by atoms with Gasteiger partial charge in [0, 0.05) is 26.0 Å². The molecule has 4 nitrogen and oxygen atoms in total.